The van der Waals surface area contributed by atoms with Gasteiger partial charge in [-0.25, -0.2) is 18.2 Å². The summed E-state index contributed by atoms with van der Waals surface area (Å²) in [6.07, 6.45) is 2.95. The van der Waals surface area contributed by atoms with Gasteiger partial charge in [-0.3, -0.25) is 4.57 Å². The highest BCUT2D eigenvalue weighted by Gasteiger charge is 2.14. The highest BCUT2D eigenvalue weighted by Crippen LogP contribution is 2.21. The van der Waals surface area contributed by atoms with Crippen molar-refractivity contribution in [3.05, 3.63) is 42.0 Å². The van der Waals surface area contributed by atoms with Gasteiger partial charge in [0.25, 0.3) is 0 Å². The van der Waals surface area contributed by atoms with E-state index in [0.29, 0.717) is 24.5 Å². The van der Waals surface area contributed by atoms with Crippen molar-refractivity contribution in [3.63, 3.8) is 0 Å². The van der Waals surface area contributed by atoms with Crippen LogP contribution >= 0.6 is 0 Å². The fourth-order valence-electron chi connectivity index (χ4n) is 1.62. The molecule has 102 valence electrons. The van der Waals surface area contributed by atoms with Crippen LogP contribution in [0.5, 0.6) is 0 Å². The predicted octanol–water partition coefficient (Wildman–Crippen LogP) is 3.36. The molecule has 3 nitrogen and oxygen atoms in total. The molecule has 2 aromatic rings. The number of halogens is 3. The maximum absolute atomic E-state index is 13.7. The summed E-state index contributed by atoms with van der Waals surface area (Å²) >= 11 is 0. The Labute approximate surface area is 109 Å². The molecule has 0 saturated heterocycles. The first-order valence-electron chi connectivity index (χ1n) is 5.91. The van der Waals surface area contributed by atoms with Gasteiger partial charge in [0.15, 0.2) is 11.6 Å². The van der Waals surface area contributed by atoms with Crippen LogP contribution in [0.15, 0.2) is 24.5 Å². The van der Waals surface area contributed by atoms with E-state index in [0.717, 1.165) is 6.07 Å². The molecule has 0 saturated carbocycles. The van der Waals surface area contributed by atoms with E-state index in [2.05, 4.69) is 10.3 Å². The Kier molecular flexibility index (Phi) is 3.78. The van der Waals surface area contributed by atoms with E-state index in [1.807, 2.05) is 13.8 Å². The molecule has 2 rings (SSSR count). The molecule has 0 radical (unpaired) electrons. The van der Waals surface area contributed by atoms with Crippen molar-refractivity contribution < 1.29 is 13.2 Å². The Hall–Kier alpha value is -1.98. The van der Waals surface area contributed by atoms with Crippen LogP contribution in [0.3, 0.4) is 0 Å². The number of rotatable bonds is 4. The highest BCUT2D eigenvalue weighted by atomic mass is 19.2. The smallest absolute Gasteiger partial charge is 0.207 e. The maximum atomic E-state index is 13.7. The molecule has 0 amide bonds. The summed E-state index contributed by atoms with van der Waals surface area (Å²) in [6, 6.07) is 1.34. The molecule has 6 heteroatoms. The van der Waals surface area contributed by atoms with Gasteiger partial charge in [0.1, 0.15) is 5.82 Å². The summed E-state index contributed by atoms with van der Waals surface area (Å²) in [5.74, 6) is -2.39. The molecule has 1 heterocycles. The standard InChI is InChI=1S/C13H14F3N3/c1-8(2)7-18-13-17-3-4-19(13)12-6-10(15)9(14)5-11(12)16/h3-6,8H,7H2,1-2H3,(H,17,18). The second-order valence-electron chi connectivity index (χ2n) is 4.61. The van der Waals surface area contributed by atoms with Gasteiger partial charge in [-0.15, -0.1) is 0 Å². The average molecular weight is 269 g/mol. The van der Waals surface area contributed by atoms with Crippen LogP contribution in [0.1, 0.15) is 13.8 Å². The zero-order valence-corrected chi connectivity index (χ0v) is 10.6. The van der Waals surface area contributed by atoms with Gasteiger partial charge in [0.2, 0.25) is 5.95 Å². The van der Waals surface area contributed by atoms with E-state index >= 15 is 0 Å². The van der Waals surface area contributed by atoms with Crippen molar-refractivity contribution in [2.75, 3.05) is 11.9 Å². The van der Waals surface area contributed by atoms with Gasteiger partial charge in [0, 0.05) is 31.1 Å². The van der Waals surface area contributed by atoms with Gasteiger partial charge in [-0.05, 0) is 5.92 Å². The topological polar surface area (TPSA) is 29.9 Å². The minimum atomic E-state index is -1.21. The van der Waals surface area contributed by atoms with E-state index < -0.39 is 17.5 Å². The largest absolute Gasteiger partial charge is 0.355 e. The molecule has 0 unspecified atom stereocenters. The van der Waals surface area contributed by atoms with Gasteiger partial charge in [-0.2, -0.15) is 0 Å². The lowest BCUT2D eigenvalue weighted by Crippen LogP contribution is -2.12. The molecule has 1 N–H and O–H groups in total. The third-order valence-corrected chi connectivity index (χ3v) is 2.56. The quantitative estimate of drug-likeness (QED) is 0.862. The van der Waals surface area contributed by atoms with Crippen molar-refractivity contribution >= 4 is 5.95 Å². The van der Waals surface area contributed by atoms with Crippen molar-refractivity contribution in [1.82, 2.24) is 9.55 Å². The minimum absolute atomic E-state index is 0.0809. The normalized spacial score (nSPS) is 11.1. The molecule has 0 aliphatic heterocycles. The summed E-state index contributed by atoms with van der Waals surface area (Å²) in [7, 11) is 0. The van der Waals surface area contributed by atoms with Crippen LogP contribution in [-0.2, 0) is 0 Å². The SMILES string of the molecule is CC(C)CNc1nccn1-c1cc(F)c(F)cc1F. The number of anilines is 1. The van der Waals surface area contributed by atoms with Crippen molar-refractivity contribution in [1.29, 1.82) is 0 Å². The molecule has 1 aromatic heterocycles. The third kappa shape index (κ3) is 2.89. The summed E-state index contributed by atoms with van der Waals surface area (Å²) in [5.41, 5.74) is -0.0809. The van der Waals surface area contributed by atoms with Gasteiger partial charge >= 0.3 is 0 Å². The van der Waals surface area contributed by atoms with E-state index in [-0.39, 0.29) is 5.69 Å². The lowest BCUT2D eigenvalue weighted by Gasteiger charge is -2.12. The minimum Gasteiger partial charge on any atom is -0.355 e. The lowest BCUT2D eigenvalue weighted by molar-refractivity contribution is 0.493. The summed E-state index contributed by atoms with van der Waals surface area (Å²) in [5, 5.41) is 3.02. The number of benzene rings is 1. The Balaban J connectivity index is 2.37. The molecular weight excluding hydrogens is 255 g/mol. The molecular formula is C13H14F3N3. The molecule has 0 aliphatic rings. The zero-order valence-electron chi connectivity index (χ0n) is 10.6. The molecule has 1 aromatic carbocycles. The van der Waals surface area contributed by atoms with Crippen molar-refractivity contribution in [3.8, 4) is 5.69 Å². The van der Waals surface area contributed by atoms with E-state index in [4.69, 9.17) is 0 Å². The number of hydrogen-bond acceptors (Lipinski definition) is 2. The fraction of sp³-hybridized carbons (Fsp3) is 0.308. The van der Waals surface area contributed by atoms with Crippen molar-refractivity contribution in [2.45, 2.75) is 13.8 Å². The average Bonchev–Trinajstić information content (AvgIpc) is 2.79. The first kappa shape index (κ1) is 13.5. The number of aromatic nitrogens is 2. The Morgan fingerprint density at radius 1 is 1.16 bits per heavy atom. The summed E-state index contributed by atoms with van der Waals surface area (Å²) in [6.45, 7) is 4.67. The molecule has 0 spiro atoms. The van der Waals surface area contributed by atoms with E-state index in [9.17, 15) is 13.2 Å². The maximum Gasteiger partial charge on any atom is 0.207 e. The number of imidazole rings is 1. The molecule has 0 bridgehead atoms. The predicted molar refractivity (Wildman–Crippen MR) is 66.8 cm³/mol. The monoisotopic (exact) mass is 269 g/mol. The van der Waals surface area contributed by atoms with Crippen LogP contribution in [0.4, 0.5) is 19.1 Å². The van der Waals surface area contributed by atoms with E-state index in [1.165, 1.54) is 17.0 Å². The second-order valence-corrected chi connectivity index (χ2v) is 4.61. The van der Waals surface area contributed by atoms with Crippen LogP contribution in [-0.4, -0.2) is 16.1 Å². The molecule has 0 aliphatic carbocycles. The van der Waals surface area contributed by atoms with Crippen LogP contribution < -0.4 is 5.32 Å². The third-order valence-electron chi connectivity index (χ3n) is 2.56. The van der Waals surface area contributed by atoms with Crippen molar-refractivity contribution in [2.24, 2.45) is 5.92 Å². The molecule has 19 heavy (non-hydrogen) atoms. The number of nitrogens with zero attached hydrogens (tertiary/aromatic N) is 2. The highest BCUT2D eigenvalue weighted by molar-refractivity contribution is 5.43. The Morgan fingerprint density at radius 3 is 2.53 bits per heavy atom. The van der Waals surface area contributed by atoms with E-state index in [1.54, 1.807) is 0 Å². The van der Waals surface area contributed by atoms with Gasteiger partial charge in [-0.1, -0.05) is 13.8 Å². The lowest BCUT2D eigenvalue weighted by atomic mass is 10.2. The first-order chi connectivity index (χ1) is 8.99. The molecule has 0 fully saturated rings. The summed E-state index contributed by atoms with van der Waals surface area (Å²) in [4.78, 5) is 4.03. The Bertz CT molecular complexity index is 579. The first-order valence-corrected chi connectivity index (χ1v) is 5.91. The fourth-order valence-corrected chi connectivity index (χ4v) is 1.62. The second kappa shape index (κ2) is 5.34. The Morgan fingerprint density at radius 2 is 1.84 bits per heavy atom. The zero-order chi connectivity index (χ0) is 14.0. The number of hydrogen-bond donors (Lipinski definition) is 1. The van der Waals surface area contributed by atoms with Crippen LogP contribution in [0, 0.1) is 23.4 Å². The van der Waals surface area contributed by atoms with Crippen LogP contribution in [0.2, 0.25) is 0 Å². The number of nitrogens with one attached hydrogen (secondary N) is 1. The summed E-state index contributed by atoms with van der Waals surface area (Å²) < 4.78 is 41.1. The van der Waals surface area contributed by atoms with Crippen LogP contribution in [0.25, 0.3) is 5.69 Å². The van der Waals surface area contributed by atoms with Gasteiger partial charge < -0.3 is 5.32 Å². The van der Waals surface area contributed by atoms with Gasteiger partial charge in [0.05, 0.1) is 5.69 Å². The molecule has 0 atom stereocenters.